The van der Waals surface area contributed by atoms with E-state index in [4.69, 9.17) is 9.51 Å². The summed E-state index contributed by atoms with van der Waals surface area (Å²) in [6.07, 6.45) is 8.53. The summed E-state index contributed by atoms with van der Waals surface area (Å²) in [5, 5.41) is 7.79. The number of nitrogens with zero attached hydrogens (tertiary/aromatic N) is 2. The first-order valence-electron chi connectivity index (χ1n) is 8.32. The molecule has 2 heterocycles. The van der Waals surface area contributed by atoms with Gasteiger partial charge in [-0.05, 0) is 44.6 Å². The average molecular weight is 277 g/mol. The number of aromatic nitrogens is 2. The van der Waals surface area contributed by atoms with Crippen LogP contribution in [0.1, 0.15) is 76.4 Å². The maximum atomic E-state index is 5.68. The van der Waals surface area contributed by atoms with Crippen molar-refractivity contribution >= 4 is 0 Å². The van der Waals surface area contributed by atoms with Crippen molar-refractivity contribution in [2.45, 2.75) is 70.1 Å². The van der Waals surface area contributed by atoms with Crippen LogP contribution in [0.5, 0.6) is 0 Å². The normalized spacial score (nSPS) is 33.9. The molecular weight excluding hydrogens is 250 g/mol. The summed E-state index contributed by atoms with van der Waals surface area (Å²) < 4.78 is 5.68. The van der Waals surface area contributed by atoms with Crippen molar-refractivity contribution in [1.29, 1.82) is 0 Å². The molecule has 0 bridgehead atoms. The lowest BCUT2D eigenvalue weighted by Crippen LogP contribution is -2.29. The molecule has 1 aliphatic heterocycles. The molecule has 1 aliphatic carbocycles. The van der Waals surface area contributed by atoms with E-state index >= 15 is 0 Å². The fourth-order valence-electron chi connectivity index (χ4n) is 4.02. The van der Waals surface area contributed by atoms with Gasteiger partial charge in [0.15, 0.2) is 5.82 Å². The van der Waals surface area contributed by atoms with Gasteiger partial charge < -0.3 is 9.84 Å². The van der Waals surface area contributed by atoms with E-state index in [1.807, 2.05) is 0 Å². The summed E-state index contributed by atoms with van der Waals surface area (Å²) in [6.45, 7) is 6.58. The van der Waals surface area contributed by atoms with E-state index in [2.05, 4.69) is 24.3 Å². The van der Waals surface area contributed by atoms with Gasteiger partial charge in [0.1, 0.15) is 0 Å². The molecular formula is C16H27N3O. The first-order valence-corrected chi connectivity index (χ1v) is 8.32. The van der Waals surface area contributed by atoms with E-state index in [9.17, 15) is 0 Å². The second-order valence-electron chi connectivity index (χ2n) is 6.70. The van der Waals surface area contributed by atoms with Crippen molar-refractivity contribution in [3.63, 3.8) is 0 Å². The summed E-state index contributed by atoms with van der Waals surface area (Å²) in [7, 11) is 0. The fraction of sp³-hybridized carbons (Fsp3) is 0.875. The lowest BCUT2D eigenvalue weighted by Gasteiger charge is -2.22. The van der Waals surface area contributed by atoms with Gasteiger partial charge in [0.25, 0.3) is 0 Å². The zero-order chi connectivity index (χ0) is 14.0. The molecule has 0 aromatic carbocycles. The second kappa shape index (κ2) is 5.84. The summed E-state index contributed by atoms with van der Waals surface area (Å²) in [5.74, 6) is 3.25. The third-order valence-corrected chi connectivity index (χ3v) is 5.35. The molecule has 3 unspecified atom stereocenters. The Morgan fingerprint density at radius 2 is 2.25 bits per heavy atom. The lowest BCUT2D eigenvalue weighted by atomic mass is 9.82. The SMILES string of the molecule is CCCC1(c2nc(C3CCC(CC)C3)no2)CCNC1. The summed E-state index contributed by atoms with van der Waals surface area (Å²) in [4.78, 5) is 4.82. The Morgan fingerprint density at radius 1 is 1.35 bits per heavy atom. The first-order chi connectivity index (χ1) is 9.77. The van der Waals surface area contributed by atoms with Crippen LogP contribution in [0.3, 0.4) is 0 Å². The first kappa shape index (κ1) is 14.1. The zero-order valence-electron chi connectivity index (χ0n) is 12.8. The van der Waals surface area contributed by atoms with E-state index in [1.165, 1.54) is 32.1 Å². The largest absolute Gasteiger partial charge is 0.339 e. The van der Waals surface area contributed by atoms with Gasteiger partial charge in [-0.25, -0.2) is 0 Å². The fourth-order valence-corrected chi connectivity index (χ4v) is 4.02. The number of rotatable bonds is 5. The highest BCUT2D eigenvalue weighted by molar-refractivity contribution is 5.11. The van der Waals surface area contributed by atoms with Crippen LogP contribution in [0.15, 0.2) is 4.52 Å². The van der Waals surface area contributed by atoms with Crippen LogP contribution in [0.2, 0.25) is 0 Å². The van der Waals surface area contributed by atoms with Crippen molar-refractivity contribution in [2.75, 3.05) is 13.1 Å². The van der Waals surface area contributed by atoms with E-state index < -0.39 is 0 Å². The van der Waals surface area contributed by atoms with E-state index in [0.29, 0.717) is 5.92 Å². The van der Waals surface area contributed by atoms with Crippen molar-refractivity contribution in [2.24, 2.45) is 5.92 Å². The predicted molar refractivity (Wildman–Crippen MR) is 78.7 cm³/mol. The van der Waals surface area contributed by atoms with Gasteiger partial charge >= 0.3 is 0 Å². The molecule has 1 saturated heterocycles. The molecule has 1 aromatic heterocycles. The molecule has 0 radical (unpaired) electrons. The second-order valence-corrected chi connectivity index (χ2v) is 6.70. The summed E-state index contributed by atoms with van der Waals surface area (Å²) in [6, 6.07) is 0. The third-order valence-electron chi connectivity index (χ3n) is 5.35. The Kier molecular flexibility index (Phi) is 4.11. The van der Waals surface area contributed by atoms with Crippen LogP contribution in [-0.4, -0.2) is 23.2 Å². The Bertz CT molecular complexity index is 437. The minimum atomic E-state index is 0.1000. The molecule has 0 spiro atoms. The van der Waals surface area contributed by atoms with Crippen LogP contribution < -0.4 is 5.32 Å². The molecule has 112 valence electrons. The maximum absolute atomic E-state index is 5.68. The minimum absolute atomic E-state index is 0.1000. The molecule has 2 fully saturated rings. The average Bonchev–Trinajstić information content (AvgIpc) is 3.19. The molecule has 1 saturated carbocycles. The van der Waals surface area contributed by atoms with Crippen LogP contribution in [0.4, 0.5) is 0 Å². The van der Waals surface area contributed by atoms with Crippen LogP contribution in [0, 0.1) is 5.92 Å². The zero-order valence-corrected chi connectivity index (χ0v) is 12.8. The highest BCUT2D eigenvalue weighted by Gasteiger charge is 2.41. The highest BCUT2D eigenvalue weighted by Crippen LogP contribution is 2.40. The molecule has 2 aliphatic rings. The number of hydrogen-bond acceptors (Lipinski definition) is 4. The highest BCUT2D eigenvalue weighted by atomic mass is 16.5. The van der Waals surface area contributed by atoms with Gasteiger partial charge in [0.05, 0.1) is 5.41 Å². The van der Waals surface area contributed by atoms with Gasteiger partial charge in [0, 0.05) is 12.5 Å². The predicted octanol–water partition coefficient (Wildman–Crippen LogP) is 3.39. The smallest absolute Gasteiger partial charge is 0.234 e. The molecule has 1 aromatic rings. The van der Waals surface area contributed by atoms with Crippen molar-refractivity contribution in [3.05, 3.63) is 11.7 Å². The topological polar surface area (TPSA) is 51.0 Å². The molecule has 4 nitrogen and oxygen atoms in total. The van der Waals surface area contributed by atoms with E-state index in [1.54, 1.807) is 0 Å². The summed E-state index contributed by atoms with van der Waals surface area (Å²) >= 11 is 0. The van der Waals surface area contributed by atoms with Crippen LogP contribution in [-0.2, 0) is 5.41 Å². The monoisotopic (exact) mass is 277 g/mol. The Morgan fingerprint density at radius 3 is 2.90 bits per heavy atom. The van der Waals surface area contributed by atoms with Gasteiger partial charge in [-0.2, -0.15) is 4.98 Å². The molecule has 1 N–H and O–H groups in total. The van der Waals surface area contributed by atoms with Crippen molar-refractivity contribution in [1.82, 2.24) is 15.5 Å². The van der Waals surface area contributed by atoms with Crippen LogP contribution >= 0.6 is 0 Å². The molecule has 3 rings (SSSR count). The van der Waals surface area contributed by atoms with Gasteiger partial charge in [-0.15, -0.1) is 0 Å². The minimum Gasteiger partial charge on any atom is -0.339 e. The van der Waals surface area contributed by atoms with Gasteiger partial charge in [0.2, 0.25) is 5.89 Å². The molecule has 4 heteroatoms. The van der Waals surface area contributed by atoms with E-state index in [-0.39, 0.29) is 5.41 Å². The van der Waals surface area contributed by atoms with E-state index in [0.717, 1.165) is 43.6 Å². The Balaban J connectivity index is 1.76. The Labute approximate surface area is 121 Å². The molecule has 3 atom stereocenters. The quantitative estimate of drug-likeness (QED) is 0.896. The lowest BCUT2D eigenvalue weighted by molar-refractivity contribution is 0.275. The number of nitrogens with one attached hydrogen (secondary N) is 1. The molecule has 20 heavy (non-hydrogen) atoms. The Hall–Kier alpha value is -0.900. The molecule has 0 amide bonds. The van der Waals surface area contributed by atoms with Gasteiger partial charge in [-0.3, -0.25) is 0 Å². The van der Waals surface area contributed by atoms with Crippen molar-refractivity contribution < 1.29 is 4.52 Å². The summed E-state index contributed by atoms with van der Waals surface area (Å²) in [5.41, 5.74) is 0.1000. The van der Waals surface area contributed by atoms with Crippen LogP contribution in [0.25, 0.3) is 0 Å². The number of hydrogen-bond donors (Lipinski definition) is 1. The standard InChI is InChI=1S/C16H27N3O/c1-3-7-16(8-9-17-11-16)15-18-14(19-20-15)13-6-5-12(4-2)10-13/h12-13,17H,3-11H2,1-2H3. The van der Waals surface area contributed by atoms with Crippen molar-refractivity contribution in [3.8, 4) is 0 Å². The van der Waals surface area contributed by atoms with Gasteiger partial charge in [-0.1, -0.05) is 31.8 Å². The maximum Gasteiger partial charge on any atom is 0.234 e. The third kappa shape index (κ3) is 2.50.